The summed E-state index contributed by atoms with van der Waals surface area (Å²) in [4.78, 5) is 7.78. The van der Waals surface area contributed by atoms with Gasteiger partial charge in [0.15, 0.2) is 11.0 Å². The normalized spacial score (nSPS) is 13.3. The van der Waals surface area contributed by atoms with Gasteiger partial charge >= 0.3 is 0 Å². The van der Waals surface area contributed by atoms with Gasteiger partial charge in [0.25, 0.3) is 0 Å². The molecule has 0 fully saturated rings. The monoisotopic (exact) mass is 431 g/mol. The zero-order chi connectivity index (χ0) is 21.0. The number of fused-ring (bicyclic) bond motifs is 1. The van der Waals surface area contributed by atoms with E-state index < -0.39 is 0 Å². The first kappa shape index (κ1) is 19.8. The highest BCUT2D eigenvalue weighted by Gasteiger charge is 2.17. The molecule has 1 N–H and O–H groups in total. The van der Waals surface area contributed by atoms with Crippen molar-refractivity contribution in [1.29, 1.82) is 0 Å². The van der Waals surface area contributed by atoms with Crippen molar-refractivity contribution in [2.24, 2.45) is 4.99 Å². The lowest BCUT2D eigenvalue weighted by molar-refractivity contribution is 0.596. The summed E-state index contributed by atoms with van der Waals surface area (Å²) in [6, 6.07) is 17.0. The van der Waals surface area contributed by atoms with E-state index in [9.17, 15) is 4.39 Å². The Balaban J connectivity index is 1.42. The van der Waals surface area contributed by atoms with Gasteiger partial charge in [-0.1, -0.05) is 48.2 Å². The van der Waals surface area contributed by atoms with E-state index >= 15 is 0 Å². The molecular weight excluding hydrogens is 409 g/mol. The van der Waals surface area contributed by atoms with Crippen molar-refractivity contribution in [3.05, 3.63) is 77.8 Å². The van der Waals surface area contributed by atoms with E-state index in [-0.39, 0.29) is 5.82 Å². The van der Waals surface area contributed by atoms with Gasteiger partial charge in [-0.05, 0) is 42.7 Å². The second-order valence-corrected chi connectivity index (χ2v) is 8.44. The molecule has 0 saturated heterocycles. The van der Waals surface area contributed by atoms with Gasteiger partial charge in [0, 0.05) is 41.5 Å². The van der Waals surface area contributed by atoms with Gasteiger partial charge in [0.05, 0.1) is 5.69 Å². The lowest BCUT2D eigenvalue weighted by Crippen LogP contribution is -2.03. The summed E-state index contributed by atoms with van der Waals surface area (Å²) in [7, 11) is 0. The Bertz CT molecular complexity index is 1260. The van der Waals surface area contributed by atoms with Crippen LogP contribution in [0.5, 0.6) is 0 Å². The number of aliphatic imine (C=N–C) groups is 1. The maximum absolute atomic E-state index is 13.6. The van der Waals surface area contributed by atoms with Crippen molar-refractivity contribution in [2.45, 2.75) is 36.7 Å². The van der Waals surface area contributed by atoms with E-state index in [2.05, 4.69) is 42.9 Å². The standard InChI is InChI=1S/C24H22FN5S/c25-19-10-11-21-18(14-19)15-22(27-21)23-28-29-24(31-16-17-6-2-1-3-7-17)30(23)13-5-9-20-8-4-12-26-20/h1-3,6-8,10-12,14-15,27H,4-5,9,13,16H2. The minimum absolute atomic E-state index is 0.246. The molecule has 0 radical (unpaired) electrons. The highest BCUT2D eigenvalue weighted by molar-refractivity contribution is 7.98. The molecule has 2 aromatic heterocycles. The molecule has 0 saturated carbocycles. The molecule has 156 valence electrons. The summed E-state index contributed by atoms with van der Waals surface area (Å²) in [5, 5.41) is 10.7. The van der Waals surface area contributed by atoms with Crippen molar-refractivity contribution < 1.29 is 4.39 Å². The Morgan fingerprint density at radius 1 is 1.06 bits per heavy atom. The molecule has 1 aliphatic heterocycles. The van der Waals surface area contributed by atoms with E-state index in [0.29, 0.717) is 0 Å². The molecule has 5 rings (SSSR count). The molecule has 1 aliphatic rings. The second kappa shape index (κ2) is 8.89. The fourth-order valence-electron chi connectivity index (χ4n) is 3.74. The Hall–Kier alpha value is -3.19. The molecule has 4 aromatic rings. The van der Waals surface area contributed by atoms with Crippen LogP contribution < -0.4 is 0 Å². The van der Waals surface area contributed by atoms with Gasteiger partial charge in [-0.15, -0.1) is 10.2 Å². The molecule has 2 aromatic carbocycles. The van der Waals surface area contributed by atoms with Gasteiger partial charge in [0.1, 0.15) is 5.82 Å². The SMILES string of the molecule is Fc1ccc2[nH]c(-c3nnc(SCc4ccccc4)n3CCCC3=CCC=N3)cc2c1. The predicted octanol–water partition coefficient (Wildman–Crippen LogP) is 6.00. The molecule has 3 heterocycles. The number of nitrogens with zero attached hydrogens (tertiary/aromatic N) is 4. The van der Waals surface area contributed by atoms with Crippen LogP contribution in [0.2, 0.25) is 0 Å². The number of H-pyrrole nitrogens is 1. The Morgan fingerprint density at radius 2 is 1.97 bits per heavy atom. The third-order valence-electron chi connectivity index (χ3n) is 5.28. The van der Waals surface area contributed by atoms with Gasteiger partial charge in [-0.3, -0.25) is 4.99 Å². The van der Waals surface area contributed by atoms with E-state index in [1.54, 1.807) is 17.8 Å². The van der Waals surface area contributed by atoms with Crippen LogP contribution in [-0.4, -0.2) is 26.0 Å². The minimum Gasteiger partial charge on any atom is -0.352 e. The molecule has 5 nitrogen and oxygen atoms in total. The summed E-state index contributed by atoms with van der Waals surface area (Å²) in [6.07, 6.45) is 6.92. The van der Waals surface area contributed by atoms with Crippen molar-refractivity contribution in [3.8, 4) is 11.5 Å². The molecule has 0 amide bonds. The average molecular weight is 432 g/mol. The quantitative estimate of drug-likeness (QED) is 0.348. The largest absolute Gasteiger partial charge is 0.352 e. The van der Waals surface area contributed by atoms with Crippen LogP contribution in [0.3, 0.4) is 0 Å². The van der Waals surface area contributed by atoms with Crippen molar-refractivity contribution in [3.63, 3.8) is 0 Å². The zero-order valence-corrected chi connectivity index (χ0v) is 17.8. The number of aromatic nitrogens is 4. The predicted molar refractivity (Wildman–Crippen MR) is 124 cm³/mol. The van der Waals surface area contributed by atoms with Crippen LogP contribution in [0.25, 0.3) is 22.4 Å². The van der Waals surface area contributed by atoms with Crippen molar-refractivity contribution in [1.82, 2.24) is 19.7 Å². The van der Waals surface area contributed by atoms with Crippen LogP contribution in [0.15, 0.2) is 76.5 Å². The van der Waals surface area contributed by atoms with Crippen LogP contribution in [0, 0.1) is 5.82 Å². The average Bonchev–Trinajstić information content (AvgIpc) is 3.52. The maximum Gasteiger partial charge on any atom is 0.191 e. The summed E-state index contributed by atoms with van der Waals surface area (Å²) >= 11 is 1.68. The lowest BCUT2D eigenvalue weighted by Gasteiger charge is -2.09. The van der Waals surface area contributed by atoms with Crippen molar-refractivity contribution in [2.75, 3.05) is 0 Å². The third kappa shape index (κ3) is 4.46. The highest BCUT2D eigenvalue weighted by Crippen LogP contribution is 2.29. The number of thioether (sulfide) groups is 1. The molecule has 0 unspecified atom stereocenters. The number of benzene rings is 2. The van der Waals surface area contributed by atoms with Crippen LogP contribution in [0.1, 0.15) is 24.8 Å². The Morgan fingerprint density at radius 3 is 2.81 bits per heavy atom. The summed E-state index contributed by atoms with van der Waals surface area (Å²) < 4.78 is 15.8. The van der Waals surface area contributed by atoms with E-state index in [1.165, 1.54) is 17.7 Å². The number of nitrogens with one attached hydrogen (secondary N) is 1. The van der Waals surface area contributed by atoms with E-state index in [0.717, 1.165) is 64.8 Å². The molecule has 31 heavy (non-hydrogen) atoms. The van der Waals surface area contributed by atoms with Gasteiger partial charge in [-0.2, -0.15) is 0 Å². The number of aromatic amines is 1. The Labute approximate surface area is 184 Å². The van der Waals surface area contributed by atoms with E-state index in [1.807, 2.05) is 30.5 Å². The number of hydrogen-bond acceptors (Lipinski definition) is 4. The molecular formula is C24H22FN5S. The van der Waals surface area contributed by atoms with E-state index in [4.69, 9.17) is 0 Å². The van der Waals surface area contributed by atoms with Crippen LogP contribution in [0.4, 0.5) is 4.39 Å². The summed E-state index contributed by atoms with van der Waals surface area (Å²) in [5.41, 5.74) is 4.12. The molecule has 0 aliphatic carbocycles. The van der Waals surface area contributed by atoms with Crippen LogP contribution in [-0.2, 0) is 12.3 Å². The molecule has 0 atom stereocenters. The molecule has 0 bridgehead atoms. The number of halogens is 1. The number of allylic oxidation sites excluding steroid dienone is 2. The first-order valence-corrected chi connectivity index (χ1v) is 11.3. The molecule has 7 heteroatoms. The summed E-state index contributed by atoms with van der Waals surface area (Å²) in [5.74, 6) is 1.35. The smallest absolute Gasteiger partial charge is 0.191 e. The Kier molecular flexibility index (Phi) is 5.67. The first-order chi connectivity index (χ1) is 15.3. The third-order valence-corrected chi connectivity index (χ3v) is 6.32. The number of hydrogen-bond donors (Lipinski definition) is 1. The van der Waals surface area contributed by atoms with Gasteiger partial charge < -0.3 is 9.55 Å². The van der Waals surface area contributed by atoms with Gasteiger partial charge in [-0.25, -0.2) is 4.39 Å². The fraction of sp³-hybridized carbons (Fsp3) is 0.208. The van der Waals surface area contributed by atoms with Crippen LogP contribution >= 0.6 is 11.8 Å². The second-order valence-electron chi connectivity index (χ2n) is 7.49. The zero-order valence-electron chi connectivity index (χ0n) is 17.0. The van der Waals surface area contributed by atoms with Gasteiger partial charge in [0.2, 0.25) is 0 Å². The summed E-state index contributed by atoms with van der Waals surface area (Å²) in [6.45, 7) is 0.788. The first-order valence-electron chi connectivity index (χ1n) is 10.4. The minimum atomic E-state index is -0.246. The highest BCUT2D eigenvalue weighted by atomic mass is 32.2. The maximum atomic E-state index is 13.6. The fourth-order valence-corrected chi connectivity index (χ4v) is 4.66. The molecule has 0 spiro atoms. The topological polar surface area (TPSA) is 58.9 Å². The lowest BCUT2D eigenvalue weighted by atomic mass is 10.2. The number of rotatable bonds is 8. The van der Waals surface area contributed by atoms with Crippen molar-refractivity contribution >= 4 is 28.9 Å².